The van der Waals surface area contributed by atoms with Crippen LogP contribution in [-0.2, 0) is 14.4 Å². The number of para-hydroxylation sites is 1. The highest BCUT2D eigenvalue weighted by Crippen LogP contribution is 2.30. The van der Waals surface area contributed by atoms with Gasteiger partial charge in [-0.25, -0.2) is 0 Å². The second kappa shape index (κ2) is 8.83. The molecule has 1 fully saturated rings. The zero-order valence-corrected chi connectivity index (χ0v) is 15.7. The molecule has 26 heavy (non-hydrogen) atoms. The summed E-state index contributed by atoms with van der Waals surface area (Å²) in [4.78, 5) is 38.0. The van der Waals surface area contributed by atoms with Crippen LogP contribution >= 0.6 is 0 Å². The average Bonchev–Trinajstić information content (AvgIpc) is 2.62. The van der Waals surface area contributed by atoms with E-state index in [-0.39, 0.29) is 24.3 Å². The summed E-state index contributed by atoms with van der Waals surface area (Å²) in [5, 5.41) is 12.1. The molecule has 0 bridgehead atoms. The van der Waals surface area contributed by atoms with Gasteiger partial charge >= 0.3 is 5.97 Å². The third-order valence-corrected chi connectivity index (χ3v) is 5.15. The topological polar surface area (TPSA) is 86.7 Å². The van der Waals surface area contributed by atoms with E-state index in [9.17, 15) is 19.5 Å². The minimum Gasteiger partial charge on any atom is -0.481 e. The lowest BCUT2D eigenvalue weighted by molar-refractivity contribution is -0.146. The number of benzene rings is 1. The molecule has 1 aromatic carbocycles. The Balaban J connectivity index is 2.00. The third kappa shape index (κ3) is 4.84. The number of anilines is 1. The van der Waals surface area contributed by atoms with Gasteiger partial charge in [0.2, 0.25) is 11.8 Å². The van der Waals surface area contributed by atoms with Gasteiger partial charge in [0.05, 0.1) is 12.5 Å². The number of hydrogen-bond donors (Lipinski definition) is 2. The highest BCUT2D eigenvalue weighted by Gasteiger charge is 2.33. The summed E-state index contributed by atoms with van der Waals surface area (Å²) in [6.07, 6.45) is 2.42. The molecule has 0 heterocycles. The molecular formula is C20H28N2O4. The Hall–Kier alpha value is -2.37. The number of rotatable bonds is 6. The van der Waals surface area contributed by atoms with Crippen molar-refractivity contribution in [3.05, 3.63) is 29.3 Å². The van der Waals surface area contributed by atoms with Gasteiger partial charge in [-0.3, -0.25) is 14.4 Å². The van der Waals surface area contributed by atoms with Crippen molar-refractivity contribution in [2.45, 2.75) is 46.5 Å². The van der Waals surface area contributed by atoms with Crippen LogP contribution < -0.4 is 5.32 Å². The van der Waals surface area contributed by atoms with Gasteiger partial charge in [0, 0.05) is 18.2 Å². The monoisotopic (exact) mass is 360 g/mol. The molecule has 0 aromatic heterocycles. The molecule has 6 heteroatoms. The molecule has 1 aromatic rings. The fourth-order valence-corrected chi connectivity index (χ4v) is 3.61. The number of carbonyl (C=O) groups is 3. The quantitative estimate of drug-likeness (QED) is 0.816. The highest BCUT2D eigenvalue weighted by molar-refractivity contribution is 5.96. The van der Waals surface area contributed by atoms with Crippen molar-refractivity contribution in [1.29, 1.82) is 0 Å². The van der Waals surface area contributed by atoms with Crippen molar-refractivity contribution in [3.63, 3.8) is 0 Å². The Bertz CT molecular complexity index is 666. The Morgan fingerprint density at radius 1 is 1.15 bits per heavy atom. The molecule has 1 aliphatic carbocycles. The number of hydrogen-bond acceptors (Lipinski definition) is 3. The highest BCUT2D eigenvalue weighted by atomic mass is 16.4. The number of aliphatic carboxylic acids is 1. The van der Waals surface area contributed by atoms with E-state index in [1.165, 1.54) is 4.90 Å². The van der Waals surface area contributed by atoms with Gasteiger partial charge in [-0.1, -0.05) is 24.6 Å². The standard InChI is InChI=1S/C20H28N2O4/c1-4-22(19(24)15-9-6-10-16(11-15)20(25)26)12-17(23)21-18-13(2)7-5-8-14(18)3/h5,7-8,15-16H,4,6,9-12H2,1-3H3,(H,21,23)(H,25,26). The van der Waals surface area contributed by atoms with Crippen LogP contribution in [0.1, 0.15) is 43.7 Å². The number of nitrogens with one attached hydrogen (secondary N) is 1. The van der Waals surface area contributed by atoms with Gasteiger partial charge in [0.15, 0.2) is 0 Å². The Kier molecular flexibility index (Phi) is 6.77. The van der Waals surface area contributed by atoms with Crippen LogP contribution in [0.15, 0.2) is 18.2 Å². The maximum Gasteiger partial charge on any atom is 0.306 e. The van der Waals surface area contributed by atoms with Crippen molar-refractivity contribution >= 4 is 23.5 Å². The van der Waals surface area contributed by atoms with Gasteiger partial charge in [-0.15, -0.1) is 0 Å². The van der Waals surface area contributed by atoms with Gasteiger partial charge in [0.1, 0.15) is 0 Å². The molecule has 2 N–H and O–H groups in total. The van der Waals surface area contributed by atoms with E-state index < -0.39 is 11.9 Å². The molecule has 1 saturated carbocycles. The van der Waals surface area contributed by atoms with Gasteiger partial charge < -0.3 is 15.3 Å². The van der Waals surface area contributed by atoms with Crippen LogP contribution in [0, 0.1) is 25.7 Å². The van der Waals surface area contributed by atoms with Crippen molar-refractivity contribution in [3.8, 4) is 0 Å². The summed E-state index contributed by atoms with van der Waals surface area (Å²) in [6, 6.07) is 5.79. The zero-order valence-electron chi connectivity index (χ0n) is 15.7. The van der Waals surface area contributed by atoms with Crippen LogP contribution in [0.25, 0.3) is 0 Å². The second-order valence-corrected chi connectivity index (χ2v) is 7.07. The Labute approximate surface area is 154 Å². The second-order valence-electron chi connectivity index (χ2n) is 7.07. The molecule has 6 nitrogen and oxygen atoms in total. The minimum absolute atomic E-state index is 0.0165. The summed E-state index contributed by atoms with van der Waals surface area (Å²) < 4.78 is 0. The van der Waals surface area contributed by atoms with Crippen molar-refractivity contribution in [2.75, 3.05) is 18.4 Å². The van der Waals surface area contributed by atoms with E-state index in [2.05, 4.69) is 5.32 Å². The van der Waals surface area contributed by atoms with Crippen LogP contribution in [-0.4, -0.2) is 40.9 Å². The lowest BCUT2D eigenvalue weighted by Gasteiger charge is -2.30. The Morgan fingerprint density at radius 2 is 1.77 bits per heavy atom. The van der Waals surface area contributed by atoms with E-state index >= 15 is 0 Å². The first-order chi connectivity index (χ1) is 12.3. The number of carboxylic acids is 1. The first-order valence-electron chi connectivity index (χ1n) is 9.21. The first kappa shape index (κ1) is 19.9. The average molecular weight is 360 g/mol. The van der Waals surface area contributed by atoms with Crippen LogP contribution in [0.3, 0.4) is 0 Å². The van der Waals surface area contributed by atoms with Crippen molar-refractivity contribution in [1.82, 2.24) is 4.90 Å². The van der Waals surface area contributed by atoms with Crippen molar-refractivity contribution in [2.24, 2.45) is 11.8 Å². The summed E-state index contributed by atoms with van der Waals surface area (Å²) >= 11 is 0. The van der Waals surface area contributed by atoms with Crippen LogP contribution in [0.2, 0.25) is 0 Å². The molecule has 142 valence electrons. The summed E-state index contributed by atoms with van der Waals surface area (Å²) in [5.74, 6) is -1.95. The maximum absolute atomic E-state index is 12.8. The van der Waals surface area contributed by atoms with Crippen molar-refractivity contribution < 1.29 is 19.5 Å². The zero-order chi connectivity index (χ0) is 19.3. The number of carbonyl (C=O) groups excluding carboxylic acids is 2. The molecule has 0 radical (unpaired) electrons. The first-order valence-corrected chi connectivity index (χ1v) is 9.21. The number of nitrogens with zero attached hydrogens (tertiary/aromatic N) is 1. The SMILES string of the molecule is CCN(CC(=O)Nc1c(C)cccc1C)C(=O)C1CCCC(C(=O)O)C1. The summed E-state index contributed by atoms with van der Waals surface area (Å²) in [7, 11) is 0. The maximum atomic E-state index is 12.8. The van der Waals surface area contributed by atoms with E-state index in [4.69, 9.17) is 0 Å². The molecule has 2 amide bonds. The van der Waals surface area contributed by atoms with E-state index in [1.807, 2.05) is 39.0 Å². The summed E-state index contributed by atoms with van der Waals surface area (Å²) in [6.45, 7) is 6.10. The molecular weight excluding hydrogens is 332 g/mol. The molecule has 2 unspecified atom stereocenters. The van der Waals surface area contributed by atoms with Gasteiger partial charge in [-0.2, -0.15) is 0 Å². The number of likely N-dealkylation sites (N-methyl/N-ethyl adjacent to an activating group) is 1. The fraction of sp³-hybridized carbons (Fsp3) is 0.550. The molecule has 2 atom stereocenters. The van der Waals surface area contributed by atoms with Crippen LogP contribution in [0.5, 0.6) is 0 Å². The third-order valence-electron chi connectivity index (χ3n) is 5.15. The number of amides is 2. The Morgan fingerprint density at radius 3 is 2.35 bits per heavy atom. The van der Waals surface area contributed by atoms with Gasteiger partial charge in [0.25, 0.3) is 0 Å². The van der Waals surface area contributed by atoms with E-state index in [0.29, 0.717) is 25.8 Å². The largest absolute Gasteiger partial charge is 0.481 e. The van der Waals surface area contributed by atoms with Gasteiger partial charge in [-0.05, 0) is 51.2 Å². The fourth-order valence-electron chi connectivity index (χ4n) is 3.61. The molecule has 0 saturated heterocycles. The smallest absolute Gasteiger partial charge is 0.306 e. The molecule has 0 aliphatic heterocycles. The summed E-state index contributed by atoms with van der Waals surface area (Å²) in [5.41, 5.74) is 2.73. The van der Waals surface area contributed by atoms with Crippen LogP contribution in [0.4, 0.5) is 5.69 Å². The minimum atomic E-state index is -0.835. The van der Waals surface area contributed by atoms with E-state index in [0.717, 1.165) is 23.2 Å². The molecule has 1 aliphatic rings. The number of carboxylic acid groups (broad SMARTS) is 1. The molecule has 2 rings (SSSR count). The predicted molar refractivity (Wildman–Crippen MR) is 99.9 cm³/mol. The lowest BCUT2D eigenvalue weighted by Crippen LogP contribution is -2.43. The predicted octanol–water partition coefficient (Wildman–Crippen LogP) is 2.98. The normalized spacial score (nSPS) is 19.7. The molecule has 0 spiro atoms. The number of aryl methyl sites for hydroxylation is 2. The lowest BCUT2D eigenvalue weighted by atomic mass is 9.80. The van der Waals surface area contributed by atoms with E-state index in [1.54, 1.807) is 0 Å².